The smallest absolute Gasteiger partial charge is 0.310 e. The highest BCUT2D eigenvalue weighted by Crippen LogP contribution is 2.21. The van der Waals surface area contributed by atoms with Gasteiger partial charge in [0.25, 0.3) is 0 Å². The lowest BCUT2D eigenvalue weighted by molar-refractivity contribution is -0.142. The zero-order valence-electron chi connectivity index (χ0n) is 10.5. The second-order valence-electron chi connectivity index (χ2n) is 4.30. The summed E-state index contributed by atoms with van der Waals surface area (Å²) in [5.74, 6) is -0.0457. The zero-order valence-corrected chi connectivity index (χ0v) is 10.5. The van der Waals surface area contributed by atoms with Crippen LogP contribution in [0.2, 0.25) is 0 Å². The molecule has 1 saturated heterocycles. The summed E-state index contributed by atoms with van der Waals surface area (Å²) in [5.41, 5.74) is 1.81. The molecule has 18 heavy (non-hydrogen) atoms. The molecule has 1 aliphatic rings. The molecule has 4 heteroatoms. The molecule has 1 aliphatic heterocycles. The number of benzene rings is 1. The second kappa shape index (κ2) is 5.67. The summed E-state index contributed by atoms with van der Waals surface area (Å²) >= 11 is 0. The lowest BCUT2D eigenvalue weighted by atomic mass is 10.1. The van der Waals surface area contributed by atoms with E-state index in [0.717, 1.165) is 24.2 Å². The van der Waals surface area contributed by atoms with Gasteiger partial charge in [-0.15, -0.1) is 0 Å². The average Bonchev–Trinajstić information content (AvgIpc) is 2.77. The molecule has 0 saturated carbocycles. The monoisotopic (exact) mass is 247 g/mol. The van der Waals surface area contributed by atoms with Crippen molar-refractivity contribution in [2.45, 2.75) is 26.2 Å². The molecule has 96 valence electrons. The van der Waals surface area contributed by atoms with Gasteiger partial charge in [0.1, 0.15) is 0 Å². The van der Waals surface area contributed by atoms with Crippen LogP contribution in [-0.4, -0.2) is 25.0 Å². The Morgan fingerprint density at radius 1 is 1.33 bits per heavy atom. The first kappa shape index (κ1) is 12.6. The first-order chi connectivity index (χ1) is 8.70. The number of carbonyl (C=O) groups excluding carboxylic acids is 2. The van der Waals surface area contributed by atoms with Crippen molar-refractivity contribution < 1.29 is 14.3 Å². The topological polar surface area (TPSA) is 46.6 Å². The summed E-state index contributed by atoms with van der Waals surface area (Å²) in [6.45, 7) is 2.98. The number of ether oxygens (including phenoxy) is 1. The number of hydrogen-bond donors (Lipinski definition) is 0. The molecule has 0 aliphatic carbocycles. The van der Waals surface area contributed by atoms with Crippen LogP contribution in [0.4, 0.5) is 5.69 Å². The van der Waals surface area contributed by atoms with Gasteiger partial charge < -0.3 is 9.64 Å². The van der Waals surface area contributed by atoms with Crippen molar-refractivity contribution in [3.8, 4) is 0 Å². The van der Waals surface area contributed by atoms with Gasteiger partial charge in [-0.1, -0.05) is 12.1 Å². The molecule has 0 spiro atoms. The third-order valence-electron chi connectivity index (χ3n) is 2.98. The predicted octanol–water partition coefficient (Wildman–Crippen LogP) is 1.92. The van der Waals surface area contributed by atoms with Crippen LogP contribution in [0.5, 0.6) is 0 Å². The molecule has 4 nitrogen and oxygen atoms in total. The number of nitrogens with zero attached hydrogens (tertiary/aromatic N) is 1. The van der Waals surface area contributed by atoms with Crippen molar-refractivity contribution in [1.82, 2.24) is 0 Å². The number of carbonyl (C=O) groups is 2. The van der Waals surface area contributed by atoms with Gasteiger partial charge >= 0.3 is 5.97 Å². The van der Waals surface area contributed by atoms with Crippen LogP contribution in [0.25, 0.3) is 0 Å². The van der Waals surface area contributed by atoms with E-state index in [1.807, 2.05) is 24.3 Å². The van der Waals surface area contributed by atoms with Crippen molar-refractivity contribution in [2.24, 2.45) is 0 Å². The number of amides is 1. The Morgan fingerprint density at radius 2 is 2.06 bits per heavy atom. The summed E-state index contributed by atoms with van der Waals surface area (Å²) < 4.78 is 4.89. The van der Waals surface area contributed by atoms with E-state index in [0.29, 0.717) is 13.0 Å². The zero-order chi connectivity index (χ0) is 13.0. The molecule has 2 rings (SSSR count). The first-order valence-electron chi connectivity index (χ1n) is 6.25. The minimum Gasteiger partial charge on any atom is -0.466 e. The quantitative estimate of drug-likeness (QED) is 0.764. The van der Waals surface area contributed by atoms with Gasteiger partial charge in [-0.25, -0.2) is 0 Å². The first-order valence-corrected chi connectivity index (χ1v) is 6.25. The van der Waals surface area contributed by atoms with Gasteiger partial charge in [0.05, 0.1) is 13.0 Å². The molecule has 0 aromatic heterocycles. The Bertz CT molecular complexity index is 439. The van der Waals surface area contributed by atoms with Crippen molar-refractivity contribution in [3.63, 3.8) is 0 Å². The van der Waals surface area contributed by atoms with Crippen LogP contribution >= 0.6 is 0 Å². The van der Waals surface area contributed by atoms with Crippen LogP contribution < -0.4 is 4.90 Å². The van der Waals surface area contributed by atoms with E-state index in [4.69, 9.17) is 4.74 Å². The van der Waals surface area contributed by atoms with Crippen molar-refractivity contribution in [1.29, 1.82) is 0 Å². The van der Waals surface area contributed by atoms with Gasteiger partial charge in [-0.05, 0) is 31.0 Å². The number of esters is 1. The molecule has 1 aromatic carbocycles. The van der Waals surface area contributed by atoms with E-state index in [1.165, 1.54) is 0 Å². The molecule has 1 amide bonds. The maximum absolute atomic E-state index is 11.6. The minimum absolute atomic E-state index is 0.174. The second-order valence-corrected chi connectivity index (χ2v) is 4.30. The van der Waals surface area contributed by atoms with Crippen LogP contribution in [0.3, 0.4) is 0 Å². The van der Waals surface area contributed by atoms with Gasteiger partial charge in [0.2, 0.25) is 5.91 Å². The maximum atomic E-state index is 11.6. The number of hydrogen-bond acceptors (Lipinski definition) is 3. The lowest BCUT2D eigenvalue weighted by Crippen LogP contribution is -2.23. The molecule has 1 heterocycles. The summed E-state index contributed by atoms with van der Waals surface area (Å²) in [6.07, 6.45) is 1.83. The highest BCUT2D eigenvalue weighted by molar-refractivity contribution is 5.95. The summed E-state index contributed by atoms with van der Waals surface area (Å²) in [5, 5.41) is 0. The molecular formula is C14H17NO3. The third kappa shape index (κ3) is 2.88. The van der Waals surface area contributed by atoms with Gasteiger partial charge in [-0.3, -0.25) is 9.59 Å². The predicted molar refractivity (Wildman–Crippen MR) is 68.4 cm³/mol. The SMILES string of the molecule is CCOC(=O)Cc1ccc(N2CCCC2=O)cc1. The molecule has 0 atom stereocenters. The van der Waals surface area contributed by atoms with E-state index in [-0.39, 0.29) is 18.3 Å². The summed E-state index contributed by atoms with van der Waals surface area (Å²) in [6, 6.07) is 7.52. The maximum Gasteiger partial charge on any atom is 0.310 e. The van der Waals surface area contributed by atoms with E-state index in [1.54, 1.807) is 11.8 Å². The molecule has 0 N–H and O–H groups in total. The largest absolute Gasteiger partial charge is 0.466 e. The number of rotatable bonds is 4. The van der Waals surface area contributed by atoms with Crippen LogP contribution in [-0.2, 0) is 20.7 Å². The highest BCUT2D eigenvalue weighted by Gasteiger charge is 2.21. The molecule has 0 unspecified atom stereocenters. The van der Waals surface area contributed by atoms with Crippen LogP contribution in [0, 0.1) is 0 Å². The molecular weight excluding hydrogens is 230 g/mol. The van der Waals surface area contributed by atoms with Gasteiger partial charge in [0, 0.05) is 18.7 Å². The minimum atomic E-state index is -0.220. The van der Waals surface area contributed by atoms with Gasteiger partial charge in [0.15, 0.2) is 0 Å². The average molecular weight is 247 g/mol. The van der Waals surface area contributed by atoms with Crippen LogP contribution in [0.15, 0.2) is 24.3 Å². The number of anilines is 1. The molecule has 1 fully saturated rings. The Morgan fingerprint density at radius 3 is 2.61 bits per heavy atom. The standard InChI is InChI=1S/C14H17NO3/c1-2-18-14(17)10-11-5-7-12(8-6-11)15-9-3-4-13(15)16/h5-8H,2-4,9-10H2,1H3. The fourth-order valence-electron chi connectivity index (χ4n) is 2.09. The van der Waals surface area contributed by atoms with Crippen molar-refractivity contribution >= 4 is 17.6 Å². The fraction of sp³-hybridized carbons (Fsp3) is 0.429. The van der Waals surface area contributed by atoms with Crippen molar-refractivity contribution in [3.05, 3.63) is 29.8 Å². The molecule has 0 radical (unpaired) electrons. The fourth-order valence-corrected chi connectivity index (χ4v) is 2.09. The normalized spacial score (nSPS) is 14.9. The molecule has 1 aromatic rings. The van der Waals surface area contributed by atoms with Crippen molar-refractivity contribution in [2.75, 3.05) is 18.1 Å². The third-order valence-corrected chi connectivity index (χ3v) is 2.98. The summed E-state index contributed by atoms with van der Waals surface area (Å²) in [4.78, 5) is 24.7. The Hall–Kier alpha value is -1.84. The van der Waals surface area contributed by atoms with Gasteiger partial charge in [-0.2, -0.15) is 0 Å². The van der Waals surface area contributed by atoms with E-state index in [2.05, 4.69) is 0 Å². The summed E-state index contributed by atoms with van der Waals surface area (Å²) in [7, 11) is 0. The van der Waals surface area contributed by atoms with E-state index < -0.39 is 0 Å². The Kier molecular flexibility index (Phi) is 3.97. The molecule has 0 bridgehead atoms. The Balaban J connectivity index is 2.01. The Labute approximate surface area is 107 Å². The van der Waals surface area contributed by atoms with E-state index >= 15 is 0 Å². The van der Waals surface area contributed by atoms with Crippen LogP contribution in [0.1, 0.15) is 25.3 Å². The lowest BCUT2D eigenvalue weighted by Gasteiger charge is -2.15. The highest BCUT2D eigenvalue weighted by atomic mass is 16.5. The van der Waals surface area contributed by atoms with E-state index in [9.17, 15) is 9.59 Å².